The van der Waals surface area contributed by atoms with Crippen LogP contribution >= 0.6 is 0 Å². The van der Waals surface area contributed by atoms with E-state index in [1.807, 2.05) is 30.3 Å². The number of aromatic nitrogens is 1. The van der Waals surface area contributed by atoms with Crippen molar-refractivity contribution in [2.45, 2.75) is 51.6 Å². The molecule has 1 N–H and O–H groups in total. The number of piperidine rings is 1. The summed E-state index contributed by atoms with van der Waals surface area (Å²) in [5.74, 6) is 1.86. The van der Waals surface area contributed by atoms with E-state index in [4.69, 9.17) is 14.5 Å². The fraction of sp³-hybridized carbons (Fsp3) is 0.588. The summed E-state index contributed by atoms with van der Waals surface area (Å²) in [6.45, 7) is 6.67. The first-order valence-corrected chi connectivity index (χ1v) is 15.6. The van der Waals surface area contributed by atoms with Crippen LogP contribution in [-0.4, -0.2) is 82.9 Å². The molecule has 2 atom stereocenters. The first kappa shape index (κ1) is 31.8. The number of pyridine rings is 1. The van der Waals surface area contributed by atoms with Gasteiger partial charge >= 0.3 is 0 Å². The van der Waals surface area contributed by atoms with Gasteiger partial charge in [-0.1, -0.05) is 6.92 Å². The van der Waals surface area contributed by atoms with Crippen molar-refractivity contribution in [2.75, 3.05) is 76.2 Å². The third-order valence-electron chi connectivity index (χ3n) is 8.87. The lowest BCUT2D eigenvalue weighted by Crippen LogP contribution is -2.47. The van der Waals surface area contributed by atoms with E-state index >= 15 is 0 Å². The number of carbonyl (C=O) groups is 1. The maximum Gasteiger partial charge on any atom is 0.231 e. The summed E-state index contributed by atoms with van der Waals surface area (Å²) in [6.07, 6.45) is 11.2. The molecule has 0 spiro atoms. The summed E-state index contributed by atoms with van der Waals surface area (Å²) in [6, 6.07) is 12.8. The Kier molecular flexibility index (Phi) is 12.1. The van der Waals surface area contributed by atoms with E-state index in [1.54, 1.807) is 13.4 Å². The average Bonchev–Trinajstić information content (AvgIpc) is 3.00. The second kappa shape index (κ2) is 15.9. The lowest BCUT2D eigenvalue weighted by molar-refractivity contribution is -0.124. The molecule has 8 heteroatoms. The Hall–Kier alpha value is -3.10. The standard InChI is InChI=1S/C34H51N5O3/c1-26-24-38(31-12-10-30(35-2)11-13-31)19-17-29(26)25-39(33-23-27(16-18-36-33)7-6-21-41-5)34(40)28-8-14-32(15-9-28)42-22-20-37(3)4/h6,10-13,16,18,21,23,26,28-29,32,35H,7-9,14-15,17,19-20,22,24-25H2,1-5H3/b21-6+. The molecule has 0 bridgehead atoms. The molecule has 1 aromatic heterocycles. The number of amides is 1. The monoisotopic (exact) mass is 577 g/mol. The molecule has 0 radical (unpaired) electrons. The van der Waals surface area contributed by atoms with Crippen LogP contribution in [0, 0.1) is 17.8 Å². The molecule has 1 saturated heterocycles. The lowest BCUT2D eigenvalue weighted by atomic mass is 9.84. The van der Waals surface area contributed by atoms with Crippen molar-refractivity contribution in [2.24, 2.45) is 17.8 Å². The average molecular weight is 578 g/mol. The molecule has 1 aliphatic carbocycles. The number of rotatable bonds is 13. The highest BCUT2D eigenvalue weighted by atomic mass is 16.5. The van der Waals surface area contributed by atoms with Crippen molar-refractivity contribution in [3.63, 3.8) is 0 Å². The second-order valence-corrected chi connectivity index (χ2v) is 12.2. The summed E-state index contributed by atoms with van der Waals surface area (Å²) in [5.41, 5.74) is 3.50. The Balaban J connectivity index is 1.45. The van der Waals surface area contributed by atoms with E-state index in [2.05, 4.69) is 66.5 Å². The van der Waals surface area contributed by atoms with Crippen molar-refractivity contribution < 1.29 is 14.3 Å². The molecule has 42 heavy (non-hydrogen) atoms. The fourth-order valence-corrected chi connectivity index (χ4v) is 6.18. The smallest absolute Gasteiger partial charge is 0.231 e. The Bertz CT molecular complexity index is 1130. The van der Waals surface area contributed by atoms with Crippen LogP contribution in [0.15, 0.2) is 54.9 Å². The van der Waals surface area contributed by atoms with Crippen LogP contribution in [0.4, 0.5) is 17.2 Å². The number of nitrogens with zero attached hydrogens (tertiary/aromatic N) is 4. The van der Waals surface area contributed by atoms with Gasteiger partial charge in [0.25, 0.3) is 0 Å². The first-order valence-electron chi connectivity index (χ1n) is 15.6. The van der Waals surface area contributed by atoms with Crippen LogP contribution in [0.2, 0.25) is 0 Å². The molecule has 1 aliphatic heterocycles. The van der Waals surface area contributed by atoms with Crippen LogP contribution in [0.25, 0.3) is 0 Å². The quantitative estimate of drug-likeness (QED) is 0.317. The van der Waals surface area contributed by atoms with Crippen molar-refractivity contribution in [1.29, 1.82) is 0 Å². The van der Waals surface area contributed by atoms with Gasteiger partial charge in [0.2, 0.25) is 5.91 Å². The lowest BCUT2D eigenvalue weighted by Gasteiger charge is -2.41. The number of methoxy groups -OCH3 is 1. The number of likely N-dealkylation sites (N-methyl/N-ethyl adjacent to an activating group) is 1. The molecule has 2 heterocycles. The van der Waals surface area contributed by atoms with E-state index in [0.29, 0.717) is 18.4 Å². The minimum atomic E-state index is 0.0126. The molecule has 230 valence electrons. The zero-order valence-electron chi connectivity index (χ0n) is 26.3. The normalized spacial score (nSPS) is 22.9. The molecule has 2 unspecified atom stereocenters. The molecule has 2 fully saturated rings. The minimum absolute atomic E-state index is 0.0126. The van der Waals surface area contributed by atoms with Gasteiger partial charge in [0.1, 0.15) is 5.82 Å². The number of ether oxygens (including phenoxy) is 2. The van der Waals surface area contributed by atoms with Crippen LogP contribution in [-0.2, 0) is 20.7 Å². The van der Waals surface area contributed by atoms with Crippen molar-refractivity contribution >= 4 is 23.1 Å². The van der Waals surface area contributed by atoms with E-state index in [0.717, 1.165) is 81.8 Å². The summed E-state index contributed by atoms with van der Waals surface area (Å²) in [7, 11) is 7.73. The van der Waals surface area contributed by atoms with Gasteiger partial charge in [-0.2, -0.15) is 0 Å². The third kappa shape index (κ3) is 8.95. The Morgan fingerprint density at radius 1 is 1.12 bits per heavy atom. The number of anilines is 3. The molecule has 4 rings (SSSR count). The second-order valence-electron chi connectivity index (χ2n) is 12.2. The van der Waals surface area contributed by atoms with Crippen LogP contribution < -0.4 is 15.1 Å². The molecule has 1 amide bonds. The molecule has 2 aliphatic rings. The number of nitrogens with one attached hydrogen (secondary N) is 1. The number of benzene rings is 1. The van der Waals surface area contributed by atoms with Gasteiger partial charge in [-0.25, -0.2) is 4.98 Å². The summed E-state index contributed by atoms with van der Waals surface area (Å²) < 4.78 is 11.2. The predicted molar refractivity (Wildman–Crippen MR) is 172 cm³/mol. The number of hydrogen-bond acceptors (Lipinski definition) is 7. The maximum absolute atomic E-state index is 14.2. The van der Waals surface area contributed by atoms with Crippen molar-refractivity contribution in [3.8, 4) is 0 Å². The Labute approximate surface area is 253 Å². The zero-order valence-corrected chi connectivity index (χ0v) is 26.3. The van der Waals surface area contributed by atoms with E-state index < -0.39 is 0 Å². The molecule has 8 nitrogen and oxygen atoms in total. The largest absolute Gasteiger partial charge is 0.505 e. The number of carbonyl (C=O) groups excluding carboxylic acids is 1. The summed E-state index contributed by atoms with van der Waals surface area (Å²) >= 11 is 0. The number of hydrogen-bond donors (Lipinski definition) is 1. The topological polar surface area (TPSA) is 70.2 Å². The molecule has 1 saturated carbocycles. The number of allylic oxidation sites excluding steroid dienone is 1. The van der Waals surface area contributed by atoms with Gasteiger partial charge in [0, 0.05) is 56.7 Å². The SMILES string of the molecule is CNc1ccc(N2CCC(CN(C(=O)C3CCC(OCCN(C)C)CC3)c3cc(C/C=C/OC)ccn3)C(C)C2)cc1. The molecule has 2 aromatic rings. The van der Waals surface area contributed by atoms with Gasteiger partial charge in [-0.3, -0.25) is 9.69 Å². The van der Waals surface area contributed by atoms with Gasteiger partial charge in [-0.15, -0.1) is 0 Å². The third-order valence-corrected chi connectivity index (χ3v) is 8.87. The van der Waals surface area contributed by atoms with Gasteiger partial charge in [0.05, 0.1) is 26.1 Å². The highest BCUT2D eigenvalue weighted by Gasteiger charge is 2.35. The van der Waals surface area contributed by atoms with E-state index in [1.165, 1.54) is 5.69 Å². The van der Waals surface area contributed by atoms with Crippen molar-refractivity contribution in [1.82, 2.24) is 9.88 Å². The van der Waals surface area contributed by atoms with E-state index in [-0.39, 0.29) is 17.9 Å². The summed E-state index contributed by atoms with van der Waals surface area (Å²) in [4.78, 5) is 25.6. The Morgan fingerprint density at radius 3 is 2.55 bits per heavy atom. The summed E-state index contributed by atoms with van der Waals surface area (Å²) in [5, 5.41) is 3.20. The van der Waals surface area contributed by atoms with Crippen LogP contribution in [0.1, 0.15) is 44.6 Å². The molecular formula is C34H51N5O3. The van der Waals surface area contributed by atoms with Gasteiger partial charge < -0.3 is 24.6 Å². The van der Waals surface area contributed by atoms with Gasteiger partial charge in [-0.05, 0) is 112 Å². The maximum atomic E-state index is 14.2. The van der Waals surface area contributed by atoms with Crippen molar-refractivity contribution in [3.05, 3.63) is 60.5 Å². The zero-order chi connectivity index (χ0) is 29.9. The molecular weight excluding hydrogens is 526 g/mol. The Morgan fingerprint density at radius 2 is 1.88 bits per heavy atom. The van der Waals surface area contributed by atoms with Gasteiger partial charge in [0.15, 0.2) is 0 Å². The first-order chi connectivity index (χ1) is 20.4. The molecule has 1 aromatic carbocycles. The predicted octanol–water partition coefficient (Wildman–Crippen LogP) is 5.46. The van der Waals surface area contributed by atoms with Crippen LogP contribution in [0.3, 0.4) is 0 Å². The fourth-order valence-electron chi connectivity index (χ4n) is 6.18. The highest BCUT2D eigenvalue weighted by Crippen LogP contribution is 2.33. The minimum Gasteiger partial charge on any atom is -0.505 e. The highest BCUT2D eigenvalue weighted by molar-refractivity contribution is 5.94. The van der Waals surface area contributed by atoms with E-state index in [9.17, 15) is 4.79 Å². The van der Waals surface area contributed by atoms with Crippen LogP contribution in [0.5, 0.6) is 0 Å².